The molecule has 0 aliphatic heterocycles. The molecule has 0 bridgehead atoms. The van der Waals surface area contributed by atoms with Crippen LogP contribution in [0.4, 0.5) is 4.79 Å². The van der Waals surface area contributed by atoms with Gasteiger partial charge in [-0.25, -0.2) is 4.79 Å². The third-order valence-corrected chi connectivity index (χ3v) is 3.15. The summed E-state index contributed by atoms with van der Waals surface area (Å²) < 4.78 is 5.35. The molecular weight excluding hydrogens is 256 g/mol. The van der Waals surface area contributed by atoms with E-state index in [0.717, 1.165) is 13.0 Å². The second kappa shape index (κ2) is 7.84. The Morgan fingerprint density at radius 1 is 1.30 bits per heavy atom. The van der Waals surface area contributed by atoms with Gasteiger partial charge in [-0.3, -0.25) is 0 Å². The number of carbonyl (C=O) groups excluding carboxylic acids is 1. The molecule has 0 aliphatic carbocycles. The van der Waals surface area contributed by atoms with Crippen molar-refractivity contribution in [3.63, 3.8) is 0 Å². The summed E-state index contributed by atoms with van der Waals surface area (Å²) >= 11 is 0. The molecule has 5 nitrogen and oxygen atoms in total. The second-order valence-corrected chi connectivity index (χ2v) is 6.74. The van der Waals surface area contributed by atoms with E-state index >= 15 is 0 Å². The molecule has 20 heavy (non-hydrogen) atoms. The van der Waals surface area contributed by atoms with Crippen molar-refractivity contribution < 1.29 is 14.6 Å². The number of ether oxygens (including phenoxy) is 1. The average Bonchev–Trinajstić information content (AvgIpc) is 2.24. The number of hydrogen-bond donors (Lipinski definition) is 2. The van der Waals surface area contributed by atoms with Crippen LogP contribution in [0, 0.1) is 0 Å². The molecule has 0 saturated heterocycles. The molecule has 2 N–H and O–H groups in total. The quantitative estimate of drug-likeness (QED) is 0.706. The highest BCUT2D eigenvalue weighted by Crippen LogP contribution is 2.10. The summed E-state index contributed by atoms with van der Waals surface area (Å²) in [5, 5.41) is 13.1. The van der Waals surface area contributed by atoms with Gasteiger partial charge < -0.3 is 20.1 Å². The van der Waals surface area contributed by atoms with Crippen LogP contribution in [0.3, 0.4) is 0 Å². The van der Waals surface area contributed by atoms with Gasteiger partial charge in [-0.1, -0.05) is 0 Å². The van der Waals surface area contributed by atoms with Crippen molar-refractivity contribution in [2.45, 2.75) is 72.1 Å². The van der Waals surface area contributed by atoms with E-state index in [1.54, 1.807) is 18.7 Å². The first kappa shape index (κ1) is 19.2. The molecule has 0 aliphatic rings. The fourth-order valence-corrected chi connectivity index (χ4v) is 1.54. The Balaban J connectivity index is 4.06. The highest BCUT2D eigenvalue weighted by atomic mass is 16.6. The topological polar surface area (TPSA) is 61.8 Å². The first-order valence-electron chi connectivity index (χ1n) is 7.41. The van der Waals surface area contributed by atoms with Gasteiger partial charge in [0.25, 0.3) is 0 Å². The van der Waals surface area contributed by atoms with Gasteiger partial charge in [-0.05, 0) is 61.4 Å². The maximum atomic E-state index is 11.9. The van der Waals surface area contributed by atoms with Gasteiger partial charge in [0, 0.05) is 19.1 Å². The summed E-state index contributed by atoms with van der Waals surface area (Å²) in [5.74, 6) is 0. The van der Waals surface area contributed by atoms with Crippen molar-refractivity contribution in [1.82, 2.24) is 10.2 Å². The molecule has 1 atom stereocenters. The molecule has 0 fully saturated rings. The molecule has 120 valence electrons. The van der Waals surface area contributed by atoms with Gasteiger partial charge in [0.2, 0.25) is 0 Å². The Labute approximate surface area is 123 Å². The van der Waals surface area contributed by atoms with Crippen molar-refractivity contribution in [3.8, 4) is 0 Å². The molecule has 0 aromatic carbocycles. The van der Waals surface area contributed by atoms with E-state index in [0.29, 0.717) is 13.1 Å². The van der Waals surface area contributed by atoms with Gasteiger partial charge in [0.05, 0.1) is 5.60 Å². The van der Waals surface area contributed by atoms with E-state index in [-0.39, 0.29) is 12.1 Å². The summed E-state index contributed by atoms with van der Waals surface area (Å²) in [5.41, 5.74) is -1.20. The molecule has 0 spiro atoms. The Bertz CT molecular complexity index is 292. The molecule has 0 heterocycles. The minimum Gasteiger partial charge on any atom is -0.444 e. The smallest absolute Gasteiger partial charge is 0.410 e. The third-order valence-electron chi connectivity index (χ3n) is 3.15. The van der Waals surface area contributed by atoms with Gasteiger partial charge in [-0.15, -0.1) is 0 Å². The van der Waals surface area contributed by atoms with Crippen LogP contribution in [0.15, 0.2) is 0 Å². The lowest BCUT2D eigenvalue weighted by atomic mass is 10.0. The van der Waals surface area contributed by atoms with E-state index in [4.69, 9.17) is 4.74 Å². The Kier molecular flexibility index (Phi) is 7.52. The Morgan fingerprint density at radius 2 is 1.85 bits per heavy atom. The van der Waals surface area contributed by atoms with E-state index in [2.05, 4.69) is 5.32 Å². The Hall–Kier alpha value is -0.810. The van der Waals surface area contributed by atoms with Crippen LogP contribution in [-0.2, 0) is 4.74 Å². The maximum absolute atomic E-state index is 11.9. The van der Waals surface area contributed by atoms with Crippen LogP contribution in [0.25, 0.3) is 0 Å². The second-order valence-electron chi connectivity index (χ2n) is 6.74. The summed E-state index contributed by atoms with van der Waals surface area (Å²) in [6, 6.07) is 0.0131. The largest absolute Gasteiger partial charge is 0.444 e. The molecule has 5 heteroatoms. The third kappa shape index (κ3) is 8.38. The van der Waals surface area contributed by atoms with E-state index in [1.165, 1.54) is 0 Å². The van der Waals surface area contributed by atoms with Crippen LogP contribution in [0.2, 0.25) is 0 Å². The fourth-order valence-electron chi connectivity index (χ4n) is 1.54. The molecule has 1 unspecified atom stereocenters. The van der Waals surface area contributed by atoms with Crippen LogP contribution >= 0.6 is 0 Å². The standard InChI is InChI=1S/C15H32N2O3/c1-8-17(13(18)20-14(3,4)5)11-9-10-16-12(2)15(6,7)19/h12,16,19H,8-11H2,1-7H3. The van der Waals surface area contributed by atoms with Gasteiger partial charge >= 0.3 is 6.09 Å². The van der Waals surface area contributed by atoms with Gasteiger partial charge in [-0.2, -0.15) is 0 Å². The lowest BCUT2D eigenvalue weighted by molar-refractivity contribution is 0.0249. The fraction of sp³-hybridized carbons (Fsp3) is 0.933. The highest BCUT2D eigenvalue weighted by molar-refractivity contribution is 5.68. The first-order chi connectivity index (χ1) is 8.97. The molecule has 0 radical (unpaired) electrons. The van der Waals surface area contributed by atoms with Crippen LogP contribution in [-0.4, -0.2) is 53.0 Å². The monoisotopic (exact) mass is 288 g/mol. The number of rotatable bonds is 7. The van der Waals surface area contributed by atoms with Crippen LogP contribution in [0.1, 0.15) is 54.9 Å². The number of hydrogen-bond acceptors (Lipinski definition) is 4. The molecular formula is C15H32N2O3. The normalized spacial score (nSPS) is 14.0. The molecule has 0 aromatic heterocycles. The van der Waals surface area contributed by atoms with E-state index in [1.807, 2.05) is 34.6 Å². The van der Waals surface area contributed by atoms with Crippen molar-refractivity contribution in [1.29, 1.82) is 0 Å². The number of amides is 1. The number of nitrogens with one attached hydrogen (secondary N) is 1. The van der Waals surface area contributed by atoms with Crippen LogP contribution < -0.4 is 5.32 Å². The lowest BCUT2D eigenvalue weighted by Gasteiger charge is -2.28. The minimum atomic E-state index is -0.740. The summed E-state index contributed by atoms with van der Waals surface area (Å²) in [6.45, 7) is 15.1. The zero-order valence-electron chi connectivity index (χ0n) is 14.1. The number of aliphatic hydroxyl groups is 1. The predicted molar refractivity (Wildman–Crippen MR) is 81.9 cm³/mol. The van der Waals surface area contributed by atoms with Crippen LogP contribution in [0.5, 0.6) is 0 Å². The SMILES string of the molecule is CCN(CCCNC(C)C(C)(C)O)C(=O)OC(C)(C)C. The van der Waals surface area contributed by atoms with Crippen molar-refractivity contribution in [2.75, 3.05) is 19.6 Å². The van der Waals surface area contributed by atoms with Gasteiger partial charge in [0.15, 0.2) is 0 Å². The summed E-state index contributed by atoms with van der Waals surface area (Å²) in [7, 11) is 0. The molecule has 0 aromatic rings. The number of carbonyl (C=O) groups is 1. The van der Waals surface area contributed by atoms with Crippen molar-refractivity contribution >= 4 is 6.09 Å². The zero-order chi connectivity index (χ0) is 16.0. The molecule has 1 amide bonds. The predicted octanol–water partition coefficient (Wildman–Crippen LogP) is 2.38. The zero-order valence-corrected chi connectivity index (χ0v) is 14.1. The van der Waals surface area contributed by atoms with E-state index < -0.39 is 11.2 Å². The Morgan fingerprint density at radius 3 is 2.25 bits per heavy atom. The lowest BCUT2D eigenvalue weighted by Crippen LogP contribution is -2.45. The summed E-state index contributed by atoms with van der Waals surface area (Å²) in [4.78, 5) is 13.6. The maximum Gasteiger partial charge on any atom is 0.410 e. The van der Waals surface area contributed by atoms with Crippen molar-refractivity contribution in [3.05, 3.63) is 0 Å². The first-order valence-corrected chi connectivity index (χ1v) is 7.41. The van der Waals surface area contributed by atoms with Gasteiger partial charge in [0.1, 0.15) is 5.60 Å². The summed E-state index contributed by atoms with van der Waals surface area (Å²) in [6.07, 6.45) is 0.559. The minimum absolute atomic E-state index is 0.0131. The molecule has 0 rings (SSSR count). The molecule has 0 saturated carbocycles. The highest BCUT2D eigenvalue weighted by Gasteiger charge is 2.22. The average molecular weight is 288 g/mol. The van der Waals surface area contributed by atoms with Crippen molar-refractivity contribution in [2.24, 2.45) is 0 Å². The number of nitrogens with zero attached hydrogens (tertiary/aromatic N) is 1. The van der Waals surface area contributed by atoms with E-state index in [9.17, 15) is 9.90 Å².